The number of aromatic amines is 1. The molecule has 1 heterocycles. The Hall–Kier alpha value is -0.830. The predicted molar refractivity (Wildman–Crippen MR) is 70.9 cm³/mol. The standard InChI is InChI=1S/C14H25N3/c1-5-12-6-7-14(9(12)2)15-8-13-10(3)16-17-11(13)4/h9,12,14-15H,5-8H2,1-4H3,(H,16,17). The summed E-state index contributed by atoms with van der Waals surface area (Å²) in [6.45, 7) is 9.85. The van der Waals surface area contributed by atoms with Crippen molar-refractivity contribution < 1.29 is 0 Å². The molecular weight excluding hydrogens is 210 g/mol. The molecule has 1 saturated carbocycles. The second-order valence-corrected chi connectivity index (χ2v) is 5.50. The van der Waals surface area contributed by atoms with Crippen LogP contribution in [-0.4, -0.2) is 16.2 Å². The first-order chi connectivity index (χ1) is 8.13. The molecule has 3 unspecified atom stereocenters. The molecule has 2 N–H and O–H groups in total. The first-order valence-corrected chi connectivity index (χ1v) is 6.87. The van der Waals surface area contributed by atoms with E-state index in [1.54, 1.807) is 0 Å². The fourth-order valence-electron chi connectivity index (χ4n) is 3.18. The van der Waals surface area contributed by atoms with Crippen LogP contribution in [0.5, 0.6) is 0 Å². The van der Waals surface area contributed by atoms with Crippen LogP contribution >= 0.6 is 0 Å². The van der Waals surface area contributed by atoms with Gasteiger partial charge < -0.3 is 5.32 Å². The minimum absolute atomic E-state index is 0.689. The van der Waals surface area contributed by atoms with Gasteiger partial charge in [-0.15, -0.1) is 0 Å². The van der Waals surface area contributed by atoms with Crippen molar-refractivity contribution in [1.82, 2.24) is 15.5 Å². The summed E-state index contributed by atoms with van der Waals surface area (Å²) in [6.07, 6.45) is 4.04. The molecule has 0 saturated heterocycles. The molecule has 3 atom stereocenters. The molecule has 96 valence electrons. The highest BCUT2D eigenvalue weighted by molar-refractivity contribution is 5.22. The van der Waals surface area contributed by atoms with Gasteiger partial charge in [0, 0.05) is 23.8 Å². The van der Waals surface area contributed by atoms with Crippen molar-refractivity contribution >= 4 is 0 Å². The Labute approximate surface area is 104 Å². The molecule has 1 aliphatic carbocycles. The number of nitrogens with zero attached hydrogens (tertiary/aromatic N) is 1. The molecule has 17 heavy (non-hydrogen) atoms. The Morgan fingerprint density at radius 1 is 1.35 bits per heavy atom. The molecule has 2 rings (SSSR count). The number of H-pyrrole nitrogens is 1. The van der Waals surface area contributed by atoms with E-state index < -0.39 is 0 Å². The Morgan fingerprint density at radius 2 is 2.12 bits per heavy atom. The first-order valence-electron chi connectivity index (χ1n) is 6.87. The molecule has 0 radical (unpaired) electrons. The first kappa shape index (κ1) is 12.6. The average Bonchev–Trinajstić information content (AvgIpc) is 2.82. The van der Waals surface area contributed by atoms with E-state index in [1.807, 2.05) is 0 Å². The van der Waals surface area contributed by atoms with Crippen LogP contribution in [0.2, 0.25) is 0 Å². The molecule has 0 amide bonds. The molecule has 1 fully saturated rings. The zero-order chi connectivity index (χ0) is 12.4. The summed E-state index contributed by atoms with van der Waals surface area (Å²) in [5.41, 5.74) is 3.68. The van der Waals surface area contributed by atoms with E-state index in [9.17, 15) is 0 Å². The lowest BCUT2D eigenvalue weighted by molar-refractivity contribution is 0.344. The third-order valence-corrected chi connectivity index (χ3v) is 4.57. The molecule has 3 heteroatoms. The Balaban J connectivity index is 1.91. The van der Waals surface area contributed by atoms with Gasteiger partial charge >= 0.3 is 0 Å². The number of hydrogen-bond acceptors (Lipinski definition) is 2. The molecule has 0 aromatic carbocycles. The molecule has 0 spiro atoms. The van der Waals surface area contributed by atoms with Crippen LogP contribution in [0.1, 0.15) is 50.1 Å². The summed E-state index contributed by atoms with van der Waals surface area (Å²) in [6, 6.07) is 0.689. The van der Waals surface area contributed by atoms with Gasteiger partial charge in [-0.25, -0.2) is 0 Å². The topological polar surface area (TPSA) is 40.7 Å². The van der Waals surface area contributed by atoms with Crippen molar-refractivity contribution in [3.8, 4) is 0 Å². The highest BCUT2D eigenvalue weighted by Crippen LogP contribution is 2.34. The smallest absolute Gasteiger partial charge is 0.0638 e. The Bertz CT molecular complexity index is 350. The van der Waals surface area contributed by atoms with E-state index in [1.165, 1.54) is 30.5 Å². The van der Waals surface area contributed by atoms with Crippen molar-refractivity contribution in [2.45, 2.75) is 59.5 Å². The number of nitrogens with one attached hydrogen (secondary N) is 2. The minimum atomic E-state index is 0.689. The third-order valence-electron chi connectivity index (χ3n) is 4.57. The number of rotatable bonds is 4. The molecule has 1 aliphatic rings. The van der Waals surface area contributed by atoms with Gasteiger partial charge in [0.1, 0.15) is 0 Å². The lowest BCUT2D eigenvalue weighted by Crippen LogP contribution is -2.32. The quantitative estimate of drug-likeness (QED) is 0.842. The van der Waals surface area contributed by atoms with Crippen molar-refractivity contribution in [1.29, 1.82) is 0 Å². The predicted octanol–water partition coefficient (Wildman–Crippen LogP) is 2.94. The molecule has 0 aliphatic heterocycles. The summed E-state index contributed by atoms with van der Waals surface area (Å²) in [7, 11) is 0. The Morgan fingerprint density at radius 3 is 2.65 bits per heavy atom. The summed E-state index contributed by atoms with van der Waals surface area (Å²) >= 11 is 0. The van der Waals surface area contributed by atoms with Gasteiger partial charge in [-0.1, -0.05) is 20.3 Å². The fourth-order valence-corrected chi connectivity index (χ4v) is 3.18. The average molecular weight is 235 g/mol. The molecule has 1 aromatic heterocycles. The maximum atomic E-state index is 4.25. The molecule has 1 aromatic rings. The minimum Gasteiger partial charge on any atom is -0.310 e. The summed E-state index contributed by atoms with van der Waals surface area (Å²) in [5.74, 6) is 1.73. The van der Waals surface area contributed by atoms with Gasteiger partial charge in [0.2, 0.25) is 0 Å². The van der Waals surface area contributed by atoms with E-state index in [0.717, 1.165) is 24.1 Å². The van der Waals surface area contributed by atoms with Gasteiger partial charge in [0.25, 0.3) is 0 Å². The highest BCUT2D eigenvalue weighted by Gasteiger charge is 2.31. The van der Waals surface area contributed by atoms with Crippen LogP contribution in [0, 0.1) is 25.7 Å². The third kappa shape index (κ3) is 2.54. The van der Waals surface area contributed by atoms with Crippen LogP contribution in [0.3, 0.4) is 0 Å². The van der Waals surface area contributed by atoms with Crippen LogP contribution < -0.4 is 5.32 Å². The summed E-state index contributed by atoms with van der Waals surface area (Å²) in [4.78, 5) is 0. The van der Waals surface area contributed by atoms with Crippen molar-refractivity contribution in [3.05, 3.63) is 17.0 Å². The van der Waals surface area contributed by atoms with Crippen LogP contribution in [-0.2, 0) is 6.54 Å². The van der Waals surface area contributed by atoms with Crippen molar-refractivity contribution in [3.63, 3.8) is 0 Å². The number of aryl methyl sites for hydroxylation is 2. The van der Waals surface area contributed by atoms with Crippen LogP contribution in [0.4, 0.5) is 0 Å². The number of aromatic nitrogens is 2. The highest BCUT2D eigenvalue weighted by atomic mass is 15.1. The second kappa shape index (κ2) is 5.21. The maximum absolute atomic E-state index is 4.25. The molecule has 0 bridgehead atoms. The van der Waals surface area contributed by atoms with Gasteiger partial charge in [0.15, 0.2) is 0 Å². The maximum Gasteiger partial charge on any atom is 0.0638 e. The number of hydrogen-bond donors (Lipinski definition) is 2. The van der Waals surface area contributed by atoms with E-state index >= 15 is 0 Å². The van der Waals surface area contributed by atoms with E-state index in [2.05, 4.69) is 43.2 Å². The monoisotopic (exact) mass is 235 g/mol. The SMILES string of the molecule is CCC1CCC(NCc2c(C)n[nH]c2C)C1C. The van der Waals surface area contributed by atoms with Gasteiger partial charge in [-0.05, 0) is 38.5 Å². The largest absolute Gasteiger partial charge is 0.310 e. The lowest BCUT2D eigenvalue weighted by Gasteiger charge is -2.21. The van der Waals surface area contributed by atoms with E-state index in [-0.39, 0.29) is 0 Å². The lowest BCUT2D eigenvalue weighted by atomic mass is 9.93. The zero-order valence-corrected chi connectivity index (χ0v) is 11.5. The Kier molecular flexibility index (Phi) is 3.87. The van der Waals surface area contributed by atoms with Crippen molar-refractivity contribution in [2.75, 3.05) is 0 Å². The van der Waals surface area contributed by atoms with E-state index in [4.69, 9.17) is 0 Å². The van der Waals surface area contributed by atoms with Gasteiger partial charge in [-0.2, -0.15) is 5.10 Å². The van der Waals surface area contributed by atoms with Gasteiger partial charge in [-0.3, -0.25) is 5.10 Å². The second-order valence-electron chi connectivity index (χ2n) is 5.50. The van der Waals surface area contributed by atoms with Crippen LogP contribution in [0.25, 0.3) is 0 Å². The van der Waals surface area contributed by atoms with Crippen LogP contribution in [0.15, 0.2) is 0 Å². The molecule has 3 nitrogen and oxygen atoms in total. The van der Waals surface area contributed by atoms with Crippen molar-refractivity contribution in [2.24, 2.45) is 11.8 Å². The summed E-state index contributed by atoms with van der Waals surface area (Å²) in [5, 5.41) is 11.0. The van der Waals surface area contributed by atoms with E-state index in [0.29, 0.717) is 6.04 Å². The molecular formula is C14H25N3. The normalized spacial score (nSPS) is 28.8. The fraction of sp³-hybridized carbons (Fsp3) is 0.786. The van der Waals surface area contributed by atoms with Gasteiger partial charge in [0.05, 0.1) is 5.69 Å². The zero-order valence-electron chi connectivity index (χ0n) is 11.5. The summed E-state index contributed by atoms with van der Waals surface area (Å²) < 4.78 is 0.